The highest BCUT2D eigenvalue weighted by Gasteiger charge is 2.04. The van der Waals surface area contributed by atoms with Crippen LogP contribution in [-0.4, -0.2) is 11.5 Å². The molecule has 0 aliphatic heterocycles. The maximum Gasteiger partial charge on any atom is 0.221 e. The van der Waals surface area contributed by atoms with Crippen molar-refractivity contribution < 1.29 is 4.74 Å². The number of para-hydroxylation sites is 1. The molecule has 2 rings (SSSR count). The molecule has 0 spiro atoms. The standard InChI is InChI=1S/C15H18N2O/c1-3-12-8-5-6-9-13(12)18-15-11-7-10-14(17-15)16-4-2/h5-11H,3-4H2,1-2H3,(H,16,17). The summed E-state index contributed by atoms with van der Waals surface area (Å²) < 4.78 is 5.84. The fourth-order valence-corrected chi connectivity index (χ4v) is 1.76. The highest BCUT2D eigenvalue weighted by molar-refractivity contribution is 5.40. The minimum atomic E-state index is 0.620. The van der Waals surface area contributed by atoms with Crippen molar-refractivity contribution in [2.75, 3.05) is 11.9 Å². The Bertz CT molecular complexity index is 511. The van der Waals surface area contributed by atoms with Crippen molar-refractivity contribution in [3.8, 4) is 11.6 Å². The second kappa shape index (κ2) is 6.05. The Balaban J connectivity index is 2.20. The van der Waals surface area contributed by atoms with Gasteiger partial charge in [0.05, 0.1) is 0 Å². The number of benzene rings is 1. The molecule has 94 valence electrons. The van der Waals surface area contributed by atoms with Crippen molar-refractivity contribution in [3.63, 3.8) is 0 Å². The lowest BCUT2D eigenvalue weighted by molar-refractivity contribution is 0.458. The predicted octanol–water partition coefficient (Wildman–Crippen LogP) is 3.87. The number of anilines is 1. The molecule has 0 bridgehead atoms. The first-order valence-electron chi connectivity index (χ1n) is 6.30. The summed E-state index contributed by atoms with van der Waals surface area (Å²) in [5.74, 6) is 2.33. The average Bonchev–Trinajstić information content (AvgIpc) is 2.40. The van der Waals surface area contributed by atoms with Gasteiger partial charge >= 0.3 is 0 Å². The first kappa shape index (κ1) is 12.4. The summed E-state index contributed by atoms with van der Waals surface area (Å²) in [4.78, 5) is 4.40. The van der Waals surface area contributed by atoms with Gasteiger partial charge in [-0.25, -0.2) is 0 Å². The second-order valence-electron chi connectivity index (χ2n) is 3.95. The maximum atomic E-state index is 5.84. The van der Waals surface area contributed by atoms with Crippen LogP contribution < -0.4 is 10.1 Å². The molecule has 0 radical (unpaired) electrons. The molecule has 1 aromatic heterocycles. The molecule has 0 aliphatic rings. The van der Waals surface area contributed by atoms with Gasteiger partial charge in [0.1, 0.15) is 11.6 Å². The Morgan fingerprint density at radius 1 is 1.06 bits per heavy atom. The molecule has 0 amide bonds. The molecular weight excluding hydrogens is 224 g/mol. The van der Waals surface area contributed by atoms with E-state index in [4.69, 9.17) is 4.74 Å². The normalized spacial score (nSPS) is 10.1. The van der Waals surface area contributed by atoms with Gasteiger partial charge in [-0.3, -0.25) is 0 Å². The van der Waals surface area contributed by atoms with Gasteiger partial charge in [0.25, 0.3) is 0 Å². The summed E-state index contributed by atoms with van der Waals surface area (Å²) in [6.45, 7) is 5.01. The Morgan fingerprint density at radius 3 is 2.67 bits per heavy atom. The molecule has 3 heteroatoms. The zero-order chi connectivity index (χ0) is 12.8. The van der Waals surface area contributed by atoms with Gasteiger partial charge in [-0.15, -0.1) is 0 Å². The second-order valence-corrected chi connectivity index (χ2v) is 3.95. The molecule has 0 fully saturated rings. The summed E-state index contributed by atoms with van der Waals surface area (Å²) in [6.07, 6.45) is 0.947. The van der Waals surface area contributed by atoms with Crippen LogP contribution >= 0.6 is 0 Å². The van der Waals surface area contributed by atoms with Crippen molar-refractivity contribution in [2.24, 2.45) is 0 Å². The monoisotopic (exact) mass is 242 g/mol. The van der Waals surface area contributed by atoms with Gasteiger partial charge in [-0.1, -0.05) is 31.2 Å². The summed E-state index contributed by atoms with van der Waals surface area (Å²) in [7, 11) is 0. The van der Waals surface area contributed by atoms with Crippen LogP contribution in [0.3, 0.4) is 0 Å². The van der Waals surface area contributed by atoms with E-state index in [0.717, 1.165) is 24.5 Å². The van der Waals surface area contributed by atoms with E-state index in [1.54, 1.807) is 0 Å². The number of hydrogen-bond donors (Lipinski definition) is 1. The third kappa shape index (κ3) is 3.00. The molecule has 0 aliphatic carbocycles. The SMILES string of the molecule is CCNc1cccc(Oc2ccccc2CC)n1. The largest absolute Gasteiger partial charge is 0.439 e. The van der Waals surface area contributed by atoms with Gasteiger partial charge in [0, 0.05) is 12.6 Å². The number of nitrogens with zero attached hydrogens (tertiary/aromatic N) is 1. The maximum absolute atomic E-state index is 5.84. The topological polar surface area (TPSA) is 34.1 Å². The number of rotatable bonds is 5. The first-order valence-corrected chi connectivity index (χ1v) is 6.30. The van der Waals surface area contributed by atoms with Gasteiger partial charge < -0.3 is 10.1 Å². The van der Waals surface area contributed by atoms with Crippen molar-refractivity contribution in [2.45, 2.75) is 20.3 Å². The third-order valence-corrected chi connectivity index (χ3v) is 2.65. The lowest BCUT2D eigenvalue weighted by Crippen LogP contribution is -2.00. The number of nitrogens with one attached hydrogen (secondary N) is 1. The molecule has 0 atom stereocenters. The zero-order valence-electron chi connectivity index (χ0n) is 10.8. The Kier molecular flexibility index (Phi) is 4.18. The van der Waals surface area contributed by atoms with Crippen molar-refractivity contribution in [1.29, 1.82) is 0 Å². The van der Waals surface area contributed by atoms with Crippen molar-refractivity contribution in [1.82, 2.24) is 4.98 Å². The van der Waals surface area contributed by atoms with Crippen molar-refractivity contribution in [3.05, 3.63) is 48.0 Å². The molecule has 1 aromatic carbocycles. The Hall–Kier alpha value is -2.03. The molecule has 2 aromatic rings. The Morgan fingerprint density at radius 2 is 1.89 bits per heavy atom. The quantitative estimate of drug-likeness (QED) is 0.864. The predicted molar refractivity (Wildman–Crippen MR) is 74.3 cm³/mol. The van der Waals surface area contributed by atoms with Crippen LogP contribution in [0.5, 0.6) is 11.6 Å². The van der Waals surface area contributed by atoms with Crippen LogP contribution in [-0.2, 0) is 6.42 Å². The van der Waals surface area contributed by atoms with E-state index in [0.29, 0.717) is 5.88 Å². The number of ether oxygens (including phenoxy) is 1. The smallest absolute Gasteiger partial charge is 0.221 e. The molecule has 0 saturated carbocycles. The Labute approximate surface area is 108 Å². The molecule has 1 N–H and O–H groups in total. The minimum Gasteiger partial charge on any atom is -0.439 e. The molecule has 0 saturated heterocycles. The summed E-state index contributed by atoms with van der Waals surface area (Å²) in [5.41, 5.74) is 1.19. The molecule has 3 nitrogen and oxygen atoms in total. The van der Waals surface area contributed by atoms with Crippen LogP contribution in [0, 0.1) is 0 Å². The fourth-order valence-electron chi connectivity index (χ4n) is 1.76. The van der Waals surface area contributed by atoms with E-state index in [-0.39, 0.29) is 0 Å². The minimum absolute atomic E-state index is 0.620. The summed E-state index contributed by atoms with van der Waals surface area (Å²) >= 11 is 0. The van der Waals surface area contributed by atoms with E-state index in [1.165, 1.54) is 5.56 Å². The van der Waals surface area contributed by atoms with E-state index < -0.39 is 0 Å². The van der Waals surface area contributed by atoms with Crippen LogP contribution in [0.15, 0.2) is 42.5 Å². The number of pyridine rings is 1. The third-order valence-electron chi connectivity index (χ3n) is 2.65. The highest BCUT2D eigenvalue weighted by atomic mass is 16.5. The van der Waals surface area contributed by atoms with E-state index >= 15 is 0 Å². The fraction of sp³-hybridized carbons (Fsp3) is 0.267. The zero-order valence-corrected chi connectivity index (χ0v) is 10.8. The van der Waals surface area contributed by atoms with Crippen LogP contribution in [0.4, 0.5) is 5.82 Å². The van der Waals surface area contributed by atoms with Gasteiger partial charge in [-0.2, -0.15) is 4.98 Å². The summed E-state index contributed by atoms with van der Waals surface area (Å²) in [6, 6.07) is 13.8. The van der Waals surface area contributed by atoms with E-state index in [1.807, 2.05) is 43.3 Å². The van der Waals surface area contributed by atoms with Gasteiger partial charge in [0.2, 0.25) is 5.88 Å². The lowest BCUT2D eigenvalue weighted by Gasteiger charge is -2.10. The lowest BCUT2D eigenvalue weighted by atomic mass is 10.1. The van der Waals surface area contributed by atoms with Crippen LogP contribution in [0.2, 0.25) is 0 Å². The average molecular weight is 242 g/mol. The molecule has 0 unspecified atom stereocenters. The summed E-state index contributed by atoms with van der Waals surface area (Å²) in [5, 5.41) is 3.17. The van der Waals surface area contributed by atoms with Gasteiger partial charge in [0.15, 0.2) is 0 Å². The van der Waals surface area contributed by atoms with Crippen molar-refractivity contribution >= 4 is 5.82 Å². The molecule has 18 heavy (non-hydrogen) atoms. The van der Waals surface area contributed by atoms with Crippen LogP contribution in [0.1, 0.15) is 19.4 Å². The van der Waals surface area contributed by atoms with Gasteiger partial charge in [-0.05, 0) is 31.0 Å². The van der Waals surface area contributed by atoms with Crippen LogP contribution in [0.25, 0.3) is 0 Å². The van der Waals surface area contributed by atoms with E-state index in [2.05, 4.69) is 23.3 Å². The highest BCUT2D eigenvalue weighted by Crippen LogP contribution is 2.24. The first-order chi connectivity index (χ1) is 8.83. The van der Waals surface area contributed by atoms with E-state index in [9.17, 15) is 0 Å². The number of aromatic nitrogens is 1. The number of aryl methyl sites for hydroxylation is 1. The molecular formula is C15H18N2O. The molecule has 1 heterocycles. The number of hydrogen-bond acceptors (Lipinski definition) is 3.